The molecule has 0 aromatic rings. The molecule has 24 nitrogen and oxygen atoms in total. The smallest absolute Gasteiger partial charge is 0.306 e. The van der Waals surface area contributed by atoms with Gasteiger partial charge in [0.05, 0.1) is 54.9 Å². The fraction of sp³-hybridized carbons (Fsp3) is 0.861. The molecule has 0 aromatic carbocycles. The van der Waals surface area contributed by atoms with Gasteiger partial charge in [0.25, 0.3) is 0 Å². The second kappa shape index (κ2) is 89.1. The van der Waals surface area contributed by atoms with Crippen molar-refractivity contribution in [2.75, 3.05) is 39.6 Å². The van der Waals surface area contributed by atoms with Crippen molar-refractivity contribution < 1.29 is 115 Å². The molecular weight excluding hydrogens is 1680 g/mol. The molecule has 0 aliphatic carbocycles. The topological polar surface area (TPSA) is 335 Å². The van der Waals surface area contributed by atoms with E-state index in [2.05, 4.69) is 98.8 Å². The Morgan fingerprint density at radius 2 is 0.417 bits per heavy atom. The molecule has 768 valence electrons. The van der Waals surface area contributed by atoms with E-state index in [1.165, 1.54) is 0 Å². The zero-order valence-electron chi connectivity index (χ0n) is 84.7. The molecule has 3 fully saturated rings. The maximum absolute atomic E-state index is 12.6. The van der Waals surface area contributed by atoms with Crippen LogP contribution in [0, 0.1) is 0 Å². The number of hydrogen-bond acceptors (Lipinski definition) is 24. The third-order valence-corrected chi connectivity index (χ3v) is 23.9. The van der Waals surface area contributed by atoms with Crippen molar-refractivity contribution in [3.05, 3.63) is 36.5 Å². The molecule has 3 saturated heterocycles. The lowest BCUT2D eigenvalue weighted by Crippen LogP contribution is -2.30. The summed E-state index contributed by atoms with van der Waals surface area (Å²) < 4.78 is 66.1. The van der Waals surface area contributed by atoms with E-state index in [9.17, 15) is 58.5 Å². The van der Waals surface area contributed by atoms with Crippen LogP contribution in [0.25, 0.3) is 0 Å². The first kappa shape index (κ1) is 124. The van der Waals surface area contributed by atoms with Crippen LogP contribution in [0.5, 0.6) is 0 Å². The van der Waals surface area contributed by atoms with Gasteiger partial charge in [0.15, 0.2) is 18.3 Å². The Bertz CT molecular complexity index is 2810. The van der Waals surface area contributed by atoms with Gasteiger partial charge < -0.3 is 72.2 Å². The van der Waals surface area contributed by atoms with Crippen LogP contribution in [0.15, 0.2) is 36.5 Å². The predicted octanol–water partition coefficient (Wildman–Crippen LogP) is 24.9. The fourth-order valence-corrected chi connectivity index (χ4v) is 15.6. The molecule has 10 atom stereocenters. The van der Waals surface area contributed by atoms with E-state index in [0.717, 1.165) is 347 Å². The van der Waals surface area contributed by atoms with E-state index in [4.69, 9.17) is 56.8 Å². The van der Waals surface area contributed by atoms with Gasteiger partial charge in [-0.3, -0.25) is 43.2 Å². The van der Waals surface area contributed by atoms with Crippen LogP contribution >= 0.6 is 0 Å². The van der Waals surface area contributed by atoms with Gasteiger partial charge in [0, 0.05) is 57.8 Å². The zero-order chi connectivity index (χ0) is 96.8. The molecule has 0 aromatic heterocycles. The predicted molar refractivity (Wildman–Crippen MR) is 523 cm³/mol. The molecule has 0 amide bonds. The third kappa shape index (κ3) is 80.3. The molecular formula is C108H192O24. The first-order chi connectivity index (χ1) is 64.2. The molecule has 3 aliphatic heterocycles. The molecule has 3 rings (SSSR count). The molecule has 0 spiro atoms. The Morgan fingerprint density at radius 3 is 0.659 bits per heavy atom. The first-order valence-electron chi connectivity index (χ1n) is 53.6. The quantitative estimate of drug-likeness (QED) is 0.0167. The summed E-state index contributed by atoms with van der Waals surface area (Å²) in [6.07, 6.45) is 69.2. The fourth-order valence-electron chi connectivity index (χ4n) is 15.6. The van der Waals surface area contributed by atoms with Crippen LogP contribution in [0.1, 0.15) is 486 Å². The third-order valence-electron chi connectivity index (χ3n) is 23.9. The van der Waals surface area contributed by atoms with Gasteiger partial charge in [-0.15, -0.1) is 0 Å². The normalized spacial score (nSPS) is 17.2. The summed E-state index contributed by atoms with van der Waals surface area (Å²) >= 11 is 0. The van der Waals surface area contributed by atoms with Crippen molar-refractivity contribution in [2.24, 2.45) is 0 Å². The number of hydrogen-bond donors (Lipinski definition) is 3. The highest BCUT2D eigenvalue weighted by Gasteiger charge is 2.39. The monoisotopic (exact) mass is 1870 g/mol. The minimum absolute atomic E-state index is 0.0933. The number of carbonyl (C=O) groups is 9. The minimum atomic E-state index is -0.866. The highest BCUT2D eigenvalue weighted by atomic mass is 16.6. The molecule has 3 aliphatic rings. The van der Waals surface area contributed by atoms with Crippen molar-refractivity contribution in [2.45, 2.75) is 559 Å². The lowest BCUT2D eigenvalue weighted by molar-refractivity contribution is -0.167. The van der Waals surface area contributed by atoms with E-state index in [-0.39, 0.29) is 131 Å². The van der Waals surface area contributed by atoms with Gasteiger partial charge in [-0.25, -0.2) is 0 Å². The molecule has 0 saturated carbocycles. The van der Waals surface area contributed by atoms with E-state index in [0.29, 0.717) is 88.0 Å². The number of carbonyl (C=O) groups excluding carboxylic acids is 9. The maximum atomic E-state index is 12.6. The first-order valence-corrected chi connectivity index (χ1v) is 53.6. The SMILES string of the molecule is CCC/C=C\CCCCCC(=O)OCC(COC(=O)CCCCC/C=C\CCC)OC(=O)CCCCC/C=C\CCC.CCCC1OC1CCCCCC(=O)OCC(COC(=O)CCCCCC1OC1CCC)OC(=O)CCCCCC1OC1CCC.CCCCC(O)CCCCCC(=O)OCC(COC(=O)CCCCCCC(O)CCC)OC(=O)CCCCCC(O)CCCC. The van der Waals surface area contributed by atoms with Crippen LogP contribution in [0.3, 0.4) is 0 Å². The highest BCUT2D eigenvalue weighted by molar-refractivity contribution is 5.73. The Morgan fingerprint density at radius 1 is 0.212 bits per heavy atom. The summed E-state index contributed by atoms with van der Waals surface area (Å²) in [5.74, 6) is -3.16. The molecule has 132 heavy (non-hydrogen) atoms. The van der Waals surface area contributed by atoms with Crippen LogP contribution in [0.2, 0.25) is 0 Å². The minimum Gasteiger partial charge on any atom is -0.462 e. The number of aliphatic hydroxyl groups excluding tert-OH is 3. The summed E-state index contributed by atoms with van der Waals surface area (Å²) in [7, 11) is 0. The van der Waals surface area contributed by atoms with Gasteiger partial charge in [-0.05, 0) is 193 Å². The second-order valence-corrected chi connectivity index (χ2v) is 37.0. The van der Waals surface area contributed by atoms with Crippen molar-refractivity contribution in [1.29, 1.82) is 0 Å². The molecule has 0 radical (unpaired) electrons. The van der Waals surface area contributed by atoms with Crippen LogP contribution in [-0.2, 0) is 100.0 Å². The second-order valence-electron chi connectivity index (χ2n) is 37.0. The van der Waals surface area contributed by atoms with Gasteiger partial charge >= 0.3 is 53.7 Å². The van der Waals surface area contributed by atoms with Gasteiger partial charge in [-0.2, -0.15) is 0 Å². The van der Waals surface area contributed by atoms with Crippen molar-refractivity contribution in [1.82, 2.24) is 0 Å². The molecule has 24 heteroatoms. The van der Waals surface area contributed by atoms with E-state index in [1.54, 1.807) is 0 Å². The molecule has 3 N–H and O–H groups in total. The Hall–Kier alpha value is -5.79. The summed E-state index contributed by atoms with van der Waals surface area (Å²) in [5.41, 5.74) is 0. The van der Waals surface area contributed by atoms with E-state index >= 15 is 0 Å². The van der Waals surface area contributed by atoms with Crippen LogP contribution in [-0.4, -0.2) is 182 Å². The van der Waals surface area contributed by atoms with E-state index < -0.39 is 24.3 Å². The van der Waals surface area contributed by atoms with Crippen molar-refractivity contribution in [3.63, 3.8) is 0 Å². The molecule has 0 bridgehead atoms. The highest BCUT2D eigenvalue weighted by Crippen LogP contribution is 2.34. The summed E-state index contributed by atoms with van der Waals surface area (Å²) in [6.45, 7) is 18.5. The Balaban J connectivity index is 0.000000991. The lowest BCUT2D eigenvalue weighted by Gasteiger charge is -2.18. The number of allylic oxidation sites excluding steroid dienone is 6. The largest absolute Gasteiger partial charge is 0.462 e. The number of rotatable bonds is 90. The van der Waals surface area contributed by atoms with Crippen molar-refractivity contribution >= 4 is 53.7 Å². The number of aliphatic hydroxyl groups is 3. The van der Waals surface area contributed by atoms with Gasteiger partial charge in [-0.1, -0.05) is 272 Å². The molecule has 10 unspecified atom stereocenters. The average molecular weight is 1870 g/mol. The van der Waals surface area contributed by atoms with Gasteiger partial charge in [0.1, 0.15) is 39.6 Å². The van der Waals surface area contributed by atoms with Gasteiger partial charge in [0.2, 0.25) is 0 Å². The average Bonchev–Trinajstić information content (AvgIpc) is 1.72. The number of unbranched alkanes of at least 4 members (excludes halogenated alkanes) is 27. The number of esters is 9. The summed E-state index contributed by atoms with van der Waals surface area (Å²) in [5, 5.41) is 29.8. The maximum Gasteiger partial charge on any atom is 0.306 e. The summed E-state index contributed by atoms with van der Waals surface area (Å²) in [4.78, 5) is 112. The van der Waals surface area contributed by atoms with Crippen LogP contribution < -0.4 is 0 Å². The number of ether oxygens (including phenoxy) is 12. The molecule has 3 heterocycles. The number of epoxide rings is 3. The zero-order valence-corrected chi connectivity index (χ0v) is 84.7. The Labute approximate surface area is 800 Å². The lowest BCUT2D eigenvalue weighted by atomic mass is 10.0. The standard InChI is InChI=1S/C36H62O9.C36H68O9.C36H62O6/c1-4-16-28-31(43-28)19-10-7-13-22-34(37)40-25-27(42-36(39)24-15-9-12-21-33-30(45-33)18-6-3)26-41-35(38)23-14-8-11-20-32-29(44-32)17-5-2;1-4-7-20-31(38)23-14-11-17-26-35(41)44-29-33(45-36(42)27-18-12-15-24-32(39)21-8-5-2)28-43-34(40)25-16-10-9-13-22-30(37)19-6-3;1-4-7-10-13-16-19-22-25-28-34(37)40-31-33(42-36(39)30-27-24-21-18-15-12-9-6-3)32-41-35(38)29-26-23-20-17-14-11-8-5-2/h27-33H,4-26H2,1-3H3;30-33,37-39H,4-29H2,1-3H3;10-15,33H,4-9,16-32H2,1-3H3/b;;13-10-,14-11-,15-12-. The Kier molecular flexibility index (Phi) is 83.9. The van der Waals surface area contributed by atoms with Crippen LogP contribution in [0.4, 0.5) is 0 Å². The van der Waals surface area contributed by atoms with Crippen molar-refractivity contribution in [3.8, 4) is 0 Å². The van der Waals surface area contributed by atoms with E-state index in [1.807, 2.05) is 0 Å². The summed E-state index contributed by atoms with van der Waals surface area (Å²) in [6, 6.07) is 0.